The van der Waals surface area contributed by atoms with Crippen LogP contribution in [0.1, 0.15) is 24.2 Å². The summed E-state index contributed by atoms with van der Waals surface area (Å²) in [6, 6.07) is 14.6. The Balaban J connectivity index is 1.96. The van der Waals surface area contributed by atoms with Crippen LogP contribution in [-0.2, 0) is 4.79 Å². The number of thioether (sulfide) groups is 1. The molecule has 0 saturated heterocycles. The van der Waals surface area contributed by atoms with E-state index in [4.69, 9.17) is 4.74 Å². The predicted octanol–water partition coefficient (Wildman–Crippen LogP) is 3.91. The second-order valence-electron chi connectivity index (χ2n) is 5.57. The minimum atomic E-state index is -0.120. The summed E-state index contributed by atoms with van der Waals surface area (Å²) in [5.74, 6) is 0.890. The highest BCUT2D eigenvalue weighted by molar-refractivity contribution is 8.00. The highest BCUT2D eigenvalue weighted by Gasteiger charge is 2.13. The van der Waals surface area contributed by atoms with Crippen LogP contribution in [0.4, 0.5) is 5.69 Å². The smallest absolute Gasteiger partial charge is 0.253 e. The van der Waals surface area contributed by atoms with Gasteiger partial charge in [0.05, 0.1) is 12.9 Å². The predicted molar refractivity (Wildman–Crippen MR) is 106 cm³/mol. The number of nitrogens with one attached hydrogen (secondary N) is 1. The lowest BCUT2D eigenvalue weighted by Gasteiger charge is -2.19. The Bertz CT molecular complexity index is 760. The minimum Gasteiger partial charge on any atom is -0.497 e. The van der Waals surface area contributed by atoms with Crippen LogP contribution in [0.25, 0.3) is 0 Å². The zero-order chi connectivity index (χ0) is 18.9. The Labute approximate surface area is 158 Å². The molecule has 0 heterocycles. The fourth-order valence-electron chi connectivity index (χ4n) is 2.46. The van der Waals surface area contributed by atoms with Crippen LogP contribution in [0.5, 0.6) is 5.75 Å². The van der Waals surface area contributed by atoms with Crippen molar-refractivity contribution in [2.75, 3.05) is 31.3 Å². The molecule has 0 radical (unpaired) electrons. The fraction of sp³-hybridized carbons (Fsp3) is 0.300. The SMILES string of the molecule is CCN(CC)C(=O)c1cccc(NC(=O)CSc2cccc(OC)c2)c1. The summed E-state index contributed by atoms with van der Waals surface area (Å²) in [6.07, 6.45) is 0. The summed E-state index contributed by atoms with van der Waals surface area (Å²) in [5.41, 5.74) is 1.20. The maximum Gasteiger partial charge on any atom is 0.253 e. The molecule has 2 aromatic rings. The molecule has 2 rings (SSSR count). The van der Waals surface area contributed by atoms with E-state index in [2.05, 4.69) is 5.32 Å². The van der Waals surface area contributed by atoms with E-state index in [0.717, 1.165) is 10.6 Å². The Morgan fingerprint density at radius 1 is 1.08 bits per heavy atom. The monoisotopic (exact) mass is 372 g/mol. The molecule has 0 aliphatic carbocycles. The summed E-state index contributed by atoms with van der Waals surface area (Å²) in [5, 5.41) is 2.85. The molecule has 2 aromatic carbocycles. The molecule has 0 atom stereocenters. The Hall–Kier alpha value is -2.47. The Kier molecular flexibility index (Phi) is 7.53. The largest absolute Gasteiger partial charge is 0.497 e. The number of anilines is 1. The molecule has 5 nitrogen and oxygen atoms in total. The molecule has 0 aliphatic rings. The van der Waals surface area contributed by atoms with Gasteiger partial charge in [0.15, 0.2) is 0 Å². The van der Waals surface area contributed by atoms with Crippen molar-refractivity contribution in [3.05, 3.63) is 54.1 Å². The van der Waals surface area contributed by atoms with Gasteiger partial charge in [0, 0.05) is 29.2 Å². The quantitative estimate of drug-likeness (QED) is 0.714. The molecule has 0 bridgehead atoms. The van der Waals surface area contributed by atoms with E-state index in [9.17, 15) is 9.59 Å². The molecular formula is C20H24N2O3S. The number of hydrogen-bond acceptors (Lipinski definition) is 4. The number of rotatable bonds is 8. The molecular weight excluding hydrogens is 348 g/mol. The van der Waals surface area contributed by atoms with Gasteiger partial charge in [0.25, 0.3) is 5.91 Å². The number of nitrogens with zero attached hydrogens (tertiary/aromatic N) is 1. The molecule has 0 spiro atoms. The van der Waals surface area contributed by atoms with Gasteiger partial charge in [0.2, 0.25) is 5.91 Å². The lowest BCUT2D eigenvalue weighted by atomic mass is 10.1. The summed E-state index contributed by atoms with van der Waals surface area (Å²) in [4.78, 5) is 27.3. The van der Waals surface area contributed by atoms with Crippen LogP contribution in [0.2, 0.25) is 0 Å². The van der Waals surface area contributed by atoms with Gasteiger partial charge in [-0.15, -0.1) is 11.8 Å². The van der Waals surface area contributed by atoms with E-state index in [1.165, 1.54) is 11.8 Å². The first kappa shape index (κ1) is 19.8. The number of carbonyl (C=O) groups is 2. The Morgan fingerprint density at radius 3 is 2.50 bits per heavy atom. The van der Waals surface area contributed by atoms with Crippen molar-refractivity contribution in [1.82, 2.24) is 4.90 Å². The highest BCUT2D eigenvalue weighted by Crippen LogP contribution is 2.23. The number of amides is 2. The number of benzene rings is 2. The third-order valence-electron chi connectivity index (χ3n) is 3.86. The molecule has 138 valence electrons. The average molecular weight is 372 g/mol. The van der Waals surface area contributed by atoms with Crippen molar-refractivity contribution in [2.45, 2.75) is 18.7 Å². The van der Waals surface area contributed by atoms with Crippen molar-refractivity contribution in [3.8, 4) is 5.75 Å². The van der Waals surface area contributed by atoms with Crippen molar-refractivity contribution >= 4 is 29.3 Å². The lowest BCUT2D eigenvalue weighted by molar-refractivity contribution is -0.113. The highest BCUT2D eigenvalue weighted by atomic mass is 32.2. The molecule has 0 aliphatic heterocycles. The van der Waals surface area contributed by atoms with Crippen LogP contribution >= 0.6 is 11.8 Å². The number of carbonyl (C=O) groups excluding carboxylic acids is 2. The zero-order valence-corrected chi connectivity index (χ0v) is 16.1. The number of hydrogen-bond donors (Lipinski definition) is 1. The first-order valence-electron chi connectivity index (χ1n) is 8.53. The number of methoxy groups -OCH3 is 1. The molecule has 0 fully saturated rings. The average Bonchev–Trinajstić information content (AvgIpc) is 2.67. The molecule has 0 unspecified atom stereocenters. The second kappa shape index (κ2) is 9.87. The van der Waals surface area contributed by atoms with Gasteiger partial charge in [-0.05, 0) is 50.2 Å². The molecule has 1 N–H and O–H groups in total. The molecule has 26 heavy (non-hydrogen) atoms. The van der Waals surface area contributed by atoms with Crippen LogP contribution in [0.3, 0.4) is 0 Å². The summed E-state index contributed by atoms with van der Waals surface area (Å²) >= 11 is 1.43. The van der Waals surface area contributed by atoms with Crippen LogP contribution in [-0.4, -0.2) is 42.7 Å². The molecule has 0 aromatic heterocycles. The van der Waals surface area contributed by atoms with Gasteiger partial charge in [-0.25, -0.2) is 0 Å². The van der Waals surface area contributed by atoms with Crippen molar-refractivity contribution < 1.29 is 14.3 Å². The van der Waals surface area contributed by atoms with Crippen molar-refractivity contribution in [1.29, 1.82) is 0 Å². The van der Waals surface area contributed by atoms with Crippen molar-refractivity contribution in [3.63, 3.8) is 0 Å². The van der Waals surface area contributed by atoms with E-state index < -0.39 is 0 Å². The topological polar surface area (TPSA) is 58.6 Å². The van der Waals surface area contributed by atoms with Gasteiger partial charge < -0.3 is 15.0 Å². The van der Waals surface area contributed by atoms with Gasteiger partial charge in [-0.3, -0.25) is 9.59 Å². The first-order valence-corrected chi connectivity index (χ1v) is 9.52. The summed E-state index contributed by atoms with van der Waals surface area (Å²) in [7, 11) is 1.61. The molecule has 2 amide bonds. The van der Waals surface area contributed by atoms with E-state index in [0.29, 0.717) is 24.3 Å². The van der Waals surface area contributed by atoms with Crippen LogP contribution in [0, 0.1) is 0 Å². The molecule has 0 saturated carbocycles. The standard InChI is InChI=1S/C20H24N2O3S/c1-4-22(5-2)20(24)15-8-6-9-16(12-15)21-19(23)14-26-18-11-7-10-17(13-18)25-3/h6-13H,4-5,14H2,1-3H3,(H,21,23). The van der Waals surface area contributed by atoms with Gasteiger partial charge in [-0.1, -0.05) is 12.1 Å². The zero-order valence-electron chi connectivity index (χ0n) is 15.3. The molecule has 6 heteroatoms. The third-order valence-corrected chi connectivity index (χ3v) is 4.85. The van der Waals surface area contributed by atoms with Gasteiger partial charge >= 0.3 is 0 Å². The van der Waals surface area contributed by atoms with Crippen LogP contribution < -0.4 is 10.1 Å². The minimum absolute atomic E-state index is 0.0307. The van der Waals surface area contributed by atoms with Gasteiger partial charge in [-0.2, -0.15) is 0 Å². The van der Waals surface area contributed by atoms with Crippen molar-refractivity contribution in [2.24, 2.45) is 0 Å². The van der Waals surface area contributed by atoms with Gasteiger partial charge in [0.1, 0.15) is 5.75 Å². The van der Waals surface area contributed by atoms with E-state index in [1.54, 1.807) is 36.3 Å². The Morgan fingerprint density at radius 2 is 1.81 bits per heavy atom. The first-order chi connectivity index (χ1) is 12.6. The summed E-state index contributed by atoms with van der Waals surface area (Å²) in [6.45, 7) is 5.21. The van der Waals surface area contributed by atoms with Crippen LogP contribution in [0.15, 0.2) is 53.4 Å². The van der Waals surface area contributed by atoms with E-state index in [-0.39, 0.29) is 17.6 Å². The fourth-order valence-corrected chi connectivity index (χ4v) is 3.20. The summed E-state index contributed by atoms with van der Waals surface area (Å²) < 4.78 is 5.18. The normalized spacial score (nSPS) is 10.3. The number of ether oxygens (including phenoxy) is 1. The second-order valence-corrected chi connectivity index (χ2v) is 6.62. The maximum atomic E-state index is 12.4. The van der Waals surface area contributed by atoms with E-state index in [1.807, 2.05) is 38.1 Å². The third kappa shape index (κ3) is 5.52. The van der Waals surface area contributed by atoms with E-state index >= 15 is 0 Å². The maximum absolute atomic E-state index is 12.4. The lowest BCUT2D eigenvalue weighted by Crippen LogP contribution is -2.30.